The number of halogens is 4. The van der Waals surface area contributed by atoms with E-state index < -0.39 is 24.0 Å². The van der Waals surface area contributed by atoms with Crippen LogP contribution in [0.4, 0.5) is 28.4 Å². The Morgan fingerprint density at radius 3 is 2.29 bits per heavy atom. The maximum atomic E-state index is 15.0. The van der Waals surface area contributed by atoms with Crippen LogP contribution in [0.2, 0.25) is 0 Å². The summed E-state index contributed by atoms with van der Waals surface area (Å²) in [4.78, 5) is 29.3. The predicted octanol–water partition coefficient (Wildman–Crippen LogP) is 8.79. The van der Waals surface area contributed by atoms with Gasteiger partial charge in [0.05, 0.1) is 28.9 Å². The van der Waals surface area contributed by atoms with Crippen molar-refractivity contribution in [2.45, 2.75) is 40.5 Å². The lowest BCUT2D eigenvalue weighted by molar-refractivity contribution is -0.274. The molecule has 1 aromatic heterocycles. The summed E-state index contributed by atoms with van der Waals surface area (Å²) in [6, 6.07) is 15.2. The normalized spacial score (nSPS) is 16.4. The largest absolute Gasteiger partial charge is 0.573 e. The third-order valence-corrected chi connectivity index (χ3v) is 7.60. The van der Waals surface area contributed by atoms with E-state index in [1.165, 1.54) is 37.4 Å². The fraction of sp³-hybridized carbons (Fsp3) is 0.300. The summed E-state index contributed by atoms with van der Waals surface area (Å²) in [6.07, 6.45) is -2.75. The van der Waals surface area contributed by atoms with Gasteiger partial charge in [-0.15, -0.1) is 13.2 Å². The number of Topliss-reactive ketones (excluding diaryl/α,β-unsaturated/α-hetero) is 1. The minimum Gasteiger partial charge on any atom is -0.469 e. The van der Waals surface area contributed by atoms with E-state index in [0.717, 1.165) is 17.8 Å². The molecule has 3 aromatic carbocycles. The van der Waals surface area contributed by atoms with Crippen molar-refractivity contribution < 1.29 is 36.6 Å². The quantitative estimate of drug-likeness (QED) is 0.132. The molecule has 0 amide bonds. The number of rotatable bonds is 7. The number of fused-ring (bicyclic) bond motifs is 1. The number of alkyl halides is 3. The Balaban J connectivity index is 0.00000231. The highest BCUT2D eigenvalue weighted by Gasteiger charge is 2.38. The van der Waals surface area contributed by atoms with Crippen molar-refractivity contribution >= 4 is 44.1 Å². The molecule has 0 spiro atoms. The fourth-order valence-corrected chi connectivity index (χ4v) is 5.72. The number of esters is 1. The molecule has 0 bridgehead atoms. The average molecular weight is 591 g/mol. The molecule has 1 aliphatic carbocycles. The number of benzene rings is 3. The molecular weight excluding hydrogens is 560 g/mol. The number of aromatic nitrogens is 1. The highest BCUT2D eigenvalue weighted by atomic mass is 32.1. The highest BCUT2D eigenvalue weighted by molar-refractivity contribution is 7.22. The molecule has 2 atom stereocenters. The number of anilines is 2. The van der Waals surface area contributed by atoms with Gasteiger partial charge in [0.1, 0.15) is 11.6 Å². The lowest BCUT2D eigenvalue weighted by Crippen LogP contribution is -2.26. The number of ether oxygens (including phenoxy) is 2. The maximum Gasteiger partial charge on any atom is 0.573 e. The summed E-state index contributed by atoms with van der Waals surface area (Å²) < 4.78 is 61.7. The van der Waals surface area contributed by atoms with Gasteiger partial charge >= 0.3 is 12.3 Å². The predicted molar refractivity (Wildman–Crippen MR) is 152 cm³/mol. The zero-order valence-electron chi connectivity index (χ0n) is 20.5. The van der Waals surface area contributed by atoms with Crippen molar-refractivity contribution in [1.82, 2.24) is 4.98 Å². The number of carbonyl (C=O) groups excluding carboxylic acids is 2. The van der Waals surface area contributed by atoms with E-state index in [0.29, 0.717) is 44.9 Å². The molecular formula is C30H30F4N2O4S. The Bertz CT molecular complexity index is 1540. The standard InChI is InChI=1S/C28H22F4N2O4S.2CH4/c1-37-26(36)20-4-2-3-19(20)25(35)16-7-5-15(6-8-16)17-9-11-22(21(29)13-17)33-27-34-23-12-10-18(14-24(23)39-27)38-28(30,31)32;;/h5-14,19-20H,2-4H2,1H3,(H,33,34);2*1H4/t19-,20-;;/m1../s1. The monoisotopic (exact) mass is 590 g/mol. The van der Waals surface area contributed by atoms with Crippen LogP contribution in [0.25, 0.3) is 21.3 Å². The molecule has 1 saturated carbocycles. The summed E-state index contributed by atoms with van der Waals surface area (Å²) in [7, 11) is 1.32. The smallest absolute Gasteiger partial charge is 0.469 e. The van der Waals surface area contributed by atoms with Gasteiger partial charge in [0, 0.05) is 17.5 Å². The van der Waals surface area contributed by atoms with Crippen LogP contribution >= 0.6 is 11.3 Å². The van der Waals surface area contributed by atoms with Crippen molar-refractivity contribution in [3.63, 3.8) is 0 Å². The number of nitrogens with zero attached hydrogens (tertiary/aromatic N) is 1. The van der Waals surface area contributed by atoms with E-state index in [4.69, 9.17) is 4.74 Å². The van der Waals surface area contributed by atoms with Crippen LogP contribution in [0.1, 0.15) is 44.5 Å². The van der Waals surface area contributed by atoms with E-state index in [2.05, 4.69) is 15.0 Å². The van der Waals surface area contributed by atoms with E-state index in [-0.39, 0.29) is 38.0 Å². The second-order valence-corrected chi connectivity index (χ2v) is 10.2. The van der Waals surface area contributed by atoms with Crippen molar-refractivity contribution in [2.75, 3.05) is 12.4 Å². The van der Waals surface area contributed by atoms with Crippen LogP contribution in [0.3, 0.4) is 0 Å². The average Bonchev–Trinajstić information content (AvgIpc) is 3.55. The molecule has 0 saturated heterocycles. The highest BCUT2D eigenvalue weighted by Crippen LogP contribution is 2.36. The summed E-state index contributed by atoms with van der Waals surface area (Å²) in [5.41, 5.74) is 2.36. The van der Waals surface area contributed by atoms with Gasteiger partial charge in [-0.3, -0.25) is 9.59 Å². The molecule has 1 N–H and O–H groups in total. The maximum absolute atomic E-state index is 15.0. The van der Waals surface area contributed by atoms with E-state index in [1.54, 1.807) is 30.3 Å². The Kier molecular flexibility index (Phi) is 9.75. The number of hydrogen-bond acceptors (Lipinski definition) is 7. The van der Waals surface area contributed by atoms with E-state index in [1.807, 2.05) is 0 Å². The van der Waals surface area contributed by atoms with Crippen LogP contribution in [-0.4, -0.2) is 30.2 Å². The number of ketones is 1. The van der Waals surface area contributed by atoms with Crippen molar-refractivity contribution in [3.8, 4) is 16.9 Å². The number of thiazole rings is 1. The molecule has 0 unspecified atom stereocenters. The molecule has 41 heavy (non-hydrogen) atoms. The van der Waals surface area contributed by atoms with Crippen LogP contribution < -0.4 is 10.1 Å². The van der Waals surface area contributed by atoms with E-state index in [9.17, 15) is 27.2 Å². The van der Waals surface area contributed by atoms with Crippen molar-refractivity contribution in [2.24, 2.45) is 11.8 Å². The lowest BCUT2D eigenvalue weighted by atomic mass is 9.88. The molecule has 1 aliphatic rings. The number of methoxy groups -OCH3 is 1. The topological polar surface area (TPSA) is 77.5 Å². The molecule has 11 heteroatoms. The number of nitrogens with one attached hydrogen (secondary N) is 1. The van der Waals surface area contributed by atoms with Gasteiger partial charge in [-0.1, -0.05) is 62.9 Å². The van der Waals surface area contributed by atoms with Gasteiger partial charge < -0.3 is 14.8 Å². The zero-order chi connectivity index (χ0) is 27.7. The van der Waals surface area contributed by atoms with Crippen molar-refractivity contribution in [3.05, 3.63) is 72.0 Å². The zero-order valence-corrected chi connectivity index (χ0v) is 21.4. The summed E-state index contributed by atoms with van der Waals surface area (Å²) >= 11 is 1.06. The second-order valence-electron chi connectivity index (χ2n) is 9.12. The Labute approximate surface area is 239 Å². The Hall–Kier alpha value is -3.99. The third-order valence-electron chi connectivity index (χ3n) is 6.66. The van der Waals surface area contributed by atoms with Gasteiger partial charge in [-0.05, 0) is 48.2 Å². The van der Waals surface area contributed by atoms with Crippen LogP contribution in [0, 0.1) is 17.7 Å². The molecule has 5 rings (SSSR count). The first-order valence-electron chi connectivity index (χ1n) is 12.1. The first-order chi connectivity index (χ1) is 18.6. The third kappa shape index (κ3) is 7.02. The Morgan fingerprint density at radius 1 is 0.951 bits per heavy atom. The minimum atomic E-state index is -4.80. The fourth-order valence-electron chi connectivity index (χ4n) is 4.82. The molecule has 4 aromatic rings. The SMILES string of the molecule is C.C.COC(=O)[C@@H]1CCC[C@H]1C(=O)c1ccc(-c2ccc(Nc3nc4ccc(OC(F)(F)F)cc4s3)c(F)c2)cc1. The summed E-state index contributed by atoms with van der Waals surface area (Å²) in [5, 5.41) is 3.17. The molecule has 218 valence electrons. The lowest BCUT2D eigenvalue weighted by Gasteiger charge is -2.16. The second kappa shape index (κ2) is 12.7. The summed E-state index contributed by atoms with van der Waals surface area (Å²) in [5.74, 6) is -2.22. The van der Waals surface area contributed by atoms with E-state index >= 15 is 0 Å². The molecule has 1 fully saturated rings. The molecule has 6 nitrogen and oxygen atoms in total. The number of carbonyl (C=O) groups is 2. The van der Waals surface area contributed by atoms with Crippen LogP contribution in [0.15, 0.2) is 60.7 Å². The Morgan fingerprint density at radius 2 is 1.63 bits per heavy atom. The van der Waals surface area contributed by atoms with Gasteiger partial charge in [0.2, 0.25) is 0 Å². The minimum absolute atomic E-state index is 0. The van der Waals surface area contributed by atoms with Crippen LogP contribution in [-0.2, 0) is 9.53 Å². The van der Waals surface area contributed by atoms with Crippen molar-refractivity contribution in [1.29, 1.82) is 0 Å². The van der Waals surface area contributed by atoms with Gasteiger partial charge in [-0.25, -0.2) is 9.37 Å². The first-order valence-corrected chi connectivity index (χ1v) is 12.9. The van der Waals surface area contributed by atoms with Gasteiger partial charge in [0.15, 0.2) is 10.9 Å². The first kappa shape index (κ1) is 31.5. The number of hydrogen-bond donors (Lipinski definition) is 1. The van der Waals surface area contributed by atoms with Gasteiger partial charge in [-0.2, -0.15) is 0 Å². The van der Waals surface area contributed by atoms with Gasteiger partial charge in [0.25, 0.3) is 0 Å². The van der Waals surface area contributed by atoms with Crippen LogP contribution in [0.5, 0.6) is 5.75 Å². The summed E-state index contributed by atoms with van der Waals surface area (Å²) in [6.45, 7) is 0. The molecule has 0 aliphatic heterocycles. The molecule has 1 heterocycles. The molecule has 0 radical (unpaired) electrons.